The van der Waals surface area contributed by atoms with Gasteiger partial charge in [0.2, 0.25) is 11.8 Å². The standard InChI is InChI=1S/C15H23N5O2/c1-10(2)13-8-15(22-19-13)18-14(21)9-16-11(3)12(4)20-7-5-6-17-20/h5-8,10-12,16H,9H2,1-4H3,(H,18,21). The predicted octanol–water partition coefficient (Wildman–Crippen LogP) is 2.17. The van der Waals surface area contributed by atoms with Crippen LogP contribution in [0, 0.1) is 0 Å². The molecule has 0 saturated carbocycles. The van der Waals surface area contributed by atoms with E-state index in [9.17, 15) is 4.79 Å². The number of nitrogens with one attached hydrogen (secondary N) is 2. The molecule has 2 N–H and O–H groups in total. The van der Waals surface area contributed by atoms with E-state index in [1.807, 2.05) is 44.6 Å². The van der Waals surface area contributed by atoms with Crippen molar-refractivity contribution in [2.45, 2.75) is 45.7 Å². The summed E-state index contributed by atoms with van der Waals surface area (Å²) in [6.45, 7) is 8.30. The molecule has 0 saturated heterocycles. The second-order valence-corrected chi connectivity index (χ2v) is 5.72. The number of carbonyl (C=O) groups is 1. The van der Waals surface area contributed by atoms with Gasteiger partial charge in [0.15, 0.2) is 0 Å². The third kappa shape index (κ3) is 4.17. The van der Waals surface area contributed by atoms with Crippen molar-refractivity contribution in [3.05, 3.63) is 30.2 Å². The molecule has 2 rings (SSSR count). The Morgan fingerprint density at radius 2 is 2.14 bits per heavy atom. The quantitative estimate of drug-likeness (QED) is 0.819. The highest BCUT2D eigenvalue weighted by Crippen LogP contribution is 2.17. The van der Waals surface area contributed by atoms with Gasteiger partial charge in [-0.25, -0.2) is 0 Å². The Hall–Kier alpha value is -2.15. The normalized spacial score (nSPS) is 14.0. The Balaban J connectivity index is 1.79. The number of carbonyl (C=O) groups excluding carboxylic acids is 1. The summed E-state index contributed by atoms with van der Waals surface area (Å²) in [5.74, 6) is 0.483. The van der Waals surface area contributed by atoms with E-state index < -0.39 is 0 Å². The number of aromatic nitrogens is 3. The molecule has 2 aromatic rings. The lowest BCUT2D eigenvalue weighted by Gasteiger charge is -2.21. The Morgan fingerprint density at radius 3 is 2.73 bits per heavy atom. The van der Waals surface area contributed by atoms with Crippen LogP contribution in [-0.2, 0) is 4.79 Å². The third-order valence-corrected chi connectivity index (χ3v) is 3.63. The van der Waals surface area contributed by atoms with E-state index in [1.165, 1.54) is 0 Å². The minimum atomic E-state index is -0.161. The molecule has 0 aliphatic rings. The Kier molecular flexibility index (Phi) is 5.32. The van der Waals surface area contributed by atoms with Gasteiger partial charge >= 0.3 is 0 Å². The van der Waals surface area contributed by atoms with Crippen LogP contribution in [0.2, 0.25) is 0 Å². The summed E-state index contributed by atoms with van der Waals surface area (Å²) in [5.41, 5.74) is 0.823. The molecular weight excluding hydrogens is 282 g/mol. The van der Waals surface area contributed by atoms with Crippen LogP contribution in [-0.4, -0.2) is 33.4 Å². The van der Waals surface area contributed by atoms with Gasteiger partial charge in [0.05, 0.1) is 18.3 Å². The van der Waals surface area contributed by atoms with Crippen molar-refractivity contribution < 1.29 is 9.32 Å². The van der Waals surface area contributed by atoms with Crippen molar-refractivity contribution in [2.24, 2.45) is 0 Å². The molecule has 0 bridgehead atoms. The average molecular weight is 305 g/mol. The van der Waals surface area contributed by atoms with Crippen LogP contribution in [0.25, 0.3) is 0 Å². The number of amides is 1. The van der Waals surface area contributed by atoms with Gasteiger partial charge in [0.1, 0.15) is 0 Å². The van der Waals surface area contributed by atoms with E-state index in [0.29, 0.717) is 5.88 Å². The van der Waals surface area contributed by atoms with Crippen LogP contribution >= 0.6 is 0 Å². The molecule has 0 aromatic carbocycles. The van der Waals surface area contributed by atoms with Crippen molar-refractivity contribution in [2.75, 3.05) is 11.9 Å². The van der Waals surface area contributed by atoms with Crippen molar-refractivity contribution in [1.82, 2.24) is 20.3 Å². The molecule has 0 radical (unpaired) electrons. The lowest BCUT2D eigenvalue weighted by Crippen LogP contribution is -2.39. The van der Waals surface area contributed by atoms with Gasteiger partial charge in [-0.2, -0.15) is 5.10 Å². The monoisotopic (exact) mass is 305 g/mol. The van der Waals surface area contributed by atoms with E-state index in [-0.39, 0.29) is 30.5 Å². The topological polar surface area (TPSA) is 85.0 Å². The Bertz CT molecular complexity index is 591. The Labute approximate surface area is 130 Å². The van der Waals surface area contributed by atoms with Gasteiger partial charge in [-0.3, -0.25) is 14.8 Å². The first-order valence-corrected chi connectivity index (χ1v) is 7.46. The van der Waals surface area contributed by atoms with Crippen LogP contribution in [0.5, 0.6) is 0 Å². The van der Waals surface area contributed by atoms with Gasteiger partial charge in [0, 0.05) is 24.5 Å². The minimum Gasteiger partial charge on any atom is -0.338 e. The van der Waals surface area contributed by atoms with E-state index in [0.717, 1.165) is 5.69 Å². The molecule has 7 heteroatoms. The first kappa shape index (κ1) is 16.2. The zero-order valence-corrected chi connectivity index (χ0v) is 13.4. The van der Waals surface area contributed by atoms with E-state index in [1.54, 1.807) is 12.3 Å². The van der Waals surface area contributed by atoms with Gasteiger partial charge in [0.25, 0.3) is 0 Å². The number of rotatable bonds is 7. The van der Waals surface area contributed by atoms with Crippen LogP contribution < -0.4 is 10.6 Å². The van der Waals surface area contributed by atoms with Crippen molar-refractivity contribution in [3.8, 4) is 0 Å². The summed E-state index contributed by atoms with van der Waals surface area (Å²) in [6, 6.07) is 3.89. The minimum absolute atomic E-state index is 0.103. The molecule has 22 heavy (non-hydrogen) atoms. The summed E-state index contributed by atoms with van der Waals surface area (Å²) >= 11 is 0. The highest BCUT2D eigenvalue weighted by atomic mass is 16.5. The lowest BCUT2D eigenvalue weighted by atomic mass is 10.1. The molecule has 1 amide bonds. The van der Waals surface area contributed by atoms with Crippen molar-refractivity contribution in [1.29, 1.82) is 0 Å². The summed E-state index contributed by atoms with van der Waals surface area (Å²) in [4.78, 5) is 11.9. The van der Waals surface area contributed by atoms with Crippen LogP contribution in [0.3, 0.4) is 0 Å². The fourth-order valence-corrected chi connectivity index (χ4v) is 1.98. The summed E-state index contributed by atoms with van der Waals surface area (Å²) in [6.07, 6.45) is 3.65. The molecule has 2 heterocycles. The molecule has 7 nitrogen and oxygen atoms in total. The maximum atomic E-state index is 11.9. The van der Waals surface area contributed by atoms with E-state index >= 15 is 0 Å². The fourth-order valence-electron chi connectivity index (χ4n) is 1.98. The molecule has 0 fully saturated rings. The second-order valence-electron chi connectivity index (χ2n) is 5.72. The van der Waals surface area contributed by atoms with Crippen LogP contribution in [0.4, 0.5) is 5.88 Å². The summed E-state index contributed by atoms with van der Waals surface area (Å²) in [5, 5.41) is 14.0. The predicted molar refractivity (Wildman–Crippen MR) is 83.6 cm³/mol. The fraction of sp³-hybridized carbons (Fsp3) is 0.533. The largest absolute Gasteiger partial charge is 0.338 e. The number of anilines is 1. The van der Waals surface area contributed by atoms with Crippen LogP contribution in [0.1, 0.15) is 45.3 Å². The first-order valence-electron chi connectivity index (χ1n) is 7.46. The van der Waals surface area contributed by atoms with E-state index in [2.05, 4.69) is 20.9 Å². The van der Waals surface area contributed by atoms with Gasteiger partial charge in [-0.1, -0.05) is 19.0 Å². The van der Waals surface area contributed by atoms with Gasteiger partial charge in [-0.15, -0.1) is 0 Å². The number of nitrogens with zero attached hydrogens (tertiary/aromatic N) is 3. The number of hydrogen-bond donors (Lipinski definition) is 2. The molecule has 2 unspecified atom stereocenters. The summed E-state index contributed by atoms with van der Waals surface area (Å²) in [7, 11) is 0. The van der Waals surface area contributed by atoms with Gasteiger partial charge < -0.3 is 9.84 Å². The second kappa shape index (κ2) is 7.22. The zero-order valence-electron chi connectivity index (χ0n) is 13.4. The molecule has 120 valence electrons. The Morgan fingerprint density at radius 1 is 1.36 bits per heavy atom. The smallest absolute Gasteiger partial charge is 0.240 e. The van der Waals surface area contributed by atoms with Crippen molar-refractivity contribution in [3.63, 3.8) is 0 Å². The molecule has 0 aliphatic heterocycles. The lowest BCUT2D eigenvalue weighted by molar-refractivity contribution is -0.115. The summed E-state index contributed by atoms with van der Waals surface area (Å²) < 4.78 is 6.95. The third-order valence-electron chi connectivity index (χ3n) is 3.63. The molecule has 0 spiro atoms. The highest BCUT2D eigenvalue weighted by molar-refractivity contribution is 5.90. The zero-order chi connectivity index (χ0) is 16.1. The maximum absolute atomic E-state index is 11.9. The molecular formula is C15H23N5O2. The average Bonchev–Trinajstić information content (AvgIpc) is 3.15. The molecule has 2 atom stereocenters. The van der Waals surface area contributed by atoms with Gasteiger partial charge in [-0.05, 0) is 25.8 Å². The van der Waals surface area contributed by atoms with Crippen molar-refractivity contribution >= 4 is 11.8 Å². The SMILES string of the molecule is CC(C)c1cc(NC(=O)CNC(C)C(C)n2cccn2)on1. The molecule has 2 aromatic heterocycles. The maximum Gasteiger partial charge on any atom is 0.240 e. The highest BCUT2D eigenvalue weighted by Gasteiger charge is 2.16. The number of hydrogen-bond acceptors (Lipinski definition) is 5. The molecule has 0 aliphatic carbocycles. The van der Waals surface area contributed by atoms with E-state index in [4.69, 9.17) is 4.52 Å². The first-order chi connectivity index (χ1) is 10.5. The van der Waals surface area contributed by atoms with Crippen LogP contribution in [0.15, 0.2) is 29.0 Å².